The second-order valence-electron chi connectivity index (χ2n) is 3.61. The first kappa shape index (κ1) is 12.1. The van der Waals surface area contributed by atoms with Gasteiger partial charge in [0.1, 0.15) is 6.29 Å². The Morgan fingerprint density at radius 1 is 1.17 bits per heavy atom. The fourth-order valence-electron chi connectivity index (χ4n) is 1.23. The molecule has 3 nitrogen and oxygen atoms in total. The zero-order valence-corrected chi connectivity index (χ0v) is 11.1. The predicted octanol–water partition coefficient (Wildman–Crippen LogP) is -0.843. The van der Waals surface area contributed by atoms with Crippen LogP contribution < -0.4 is 5.32 Å². The summed E-state index contributed by atoms with van der Waals surface area (Å²) in [5.74, 6) is 0. The molecule has 0 saturated carbocycles. The van der Waals surface area contributed by atoms with E-state index in [2.05, 4.69) is 43.3 Å². The number of hydrogen-bond acceptors (Lipinski definition) is 3. The summed E-state index contributed by atoms with van der Waals surface area (Å²) >= 11 is 0. The van der Waals surface area contributed by atoms with E-state index in [1.807, 2.05) is 0 Å². The third kappa shape index (κ3) is 4.87. The average Bonchev–Trinajstić information content (AvgIpc) is 1.96. The van der Waals surface area contributed by atoms with Gasteiger partial charge in [-0.15, -0.1) is 0 Å². The van der Waals surface area contributed by atoms with Gasteiger partial charge in [0.25, 0.3) is 0 Å². The average molecular weight is 189 g/mol. The largest absolute Gasteiger partial charge is 0.289 e. The quantitative estimate of drug-likeness (QED) is 0.334. The molecule has 0 heterocycles. The smallest absolute Gasteiger partial charge is 0.116 e. The SMILES string of the molecule is CN(C)C(NCCC[SiH3])N(C)C. The van der Waals surface area contributed by atoms with Crippen LogP contribution in [0.3, 0.4) is 0 Å². The Labute approximate surface area is 79.5 Å². The summed E-state index contributed by atoms with van der Waals surface area (Å²) in [6, 6.07) is 1.39. The first-order chi connectivity index (χ1) is 5.59. The highest BCUT2D eigenvalue weighted by atomic mass is 28.1. The van der Waals surface area contributed by atoms with Crippen LogP contribution in [-0.2, 0) is 0 Å². The Hall–Kier alpha value is 0.0969. The van der Waals surface area contributed by atoms with Gasteiger partial charge < -0.3 is 0 Å². The summed E-state index contributed by atoms with van der Waals surface area (Å²) in [4.78, 5) is 4.38. The Morgan fingerprint density at radius 2 is 1.67 bits per heavy atom. The Bertz CT molecular complexity index is 98.5. The van der Waals surface area contributed by atoms with Crippen molar-refractivity contribution in [3.63, 3.8) is 0 Å². The highest BCUT2D eigenvalue weighted by Gasteiger charge is 2.10. The van der Waals surface area contributed by atoms with Gasteiger partial charge in [-0.25, -0.2) is 0 Å². The van der Waals surface area contributed by atoms with Gasteiger partial charge in [-0.3, -0.25) is 15.1 Å². The molecule has 0 aromatic heterocycles. The van der Waals surface area contributed by atoms with Crippen LogP contribution in [0.1, 0.15) is 6.42 Å². The summed E-state index contributed by atoms with van der Waals surface area (Å²) in [5.41, 5.74) is 0. The number of rotatable bonds is 6. The molecule has 74 valence electrons. The molecule has 0 amide bonds. The van der Waals surface area contributed by atoms with E-state index in [1.54, 1.807) is 0 Å². The van der Waals surface area contributed by atoms with Crippen molar-refractivity contribution in [2.75, 3.05) is 34.7 Å². The highest BCUT2D eigenvalue weighted by molar-refractivity contribution is 6.08. The summed E-state index contributed by atoms with van der Waals surface area (Å²) in [6.45, 7) is 1.13. The summed E-state index contributed by atoms with van der Waals surface area (Å²) in [6.07, 6.45) is 1.68. The van der Waals surface area contributed by atoms with Crippen molar-refractivity contribution < 1.29 is 0 Å². The molecular weight excluding hydrogens is 166 g/mol. The van der Waals surface area contributed by atoms with Crippen molar-refractivity contribution in [3.05, 3.63) is 0 Å². The van der Waals surface area contributed by atoms with Crippen LogP contribution in [0.2, 0.25) is 6.04 Å². The van der Waals surface area contributed by atoms with Crippen LogP contribution in [-0.4, -0.2) is 61.1 Å². The van der Waals surface area contributed by atoms with Gasteiger partial charge in [0.15, 0.2) is 0 Å². The van der Waals surface area contributed by atoms with Gasteiger partial charge in [0, 0.05) is 10.2 Å². The maximum absolute atomic E-state index is 3.49. The van der Waals surface area contributed by atoms with Crippen LogP contribution in [0.4, 0.5) is 0 Å². The van der Waals surface area contributed by atoms with E-state index >= 15 is 0 Å². The van der Waals surface area contributed by atoms with Gasteiger partial charge in [0.05, 0.1) is 0 Å². The molecule has 0 unspecified atom stereocenters. The van der Waals surface area contributed by atoms with Crippen LogP contribution in [0, 0.1) is 0 Å². The van der Waals surface area contributed by atoms with Crippen molar-refractivity contribution in [1.29, 1.82) is 0 Å². The minimum atomic E-state index is 0.373. The second kappa shape index (κ2) is 6.60. The molecule has 12 heavy (non-hydrogen) atoms. The lowest BCUT2D eigenvalue weighted by atomic mass is 10.4. The van der Waals surface area contributed by atoms with Crippen molar-refractivity contribution in [2.45, 2.75) is 18.8 Å². The summed E-state index contributed by atoms with van der Waals surface area (Å²) in [7, 11) is 9.71. The minimum Gasteiger partial charge on any atom is -0.289 e. The van der Waals surface area contributed by atoms with Gasteiger partial charge in [-0.2, -0.15) is 0 Å². The van der Waals surface area contributed by atoms with E-state index in [0.717, 1.165) is 6.54 Å². The van der Waals surface area contributed by atoms with Crippen LogP contribution >= 0.6 is 0 Å². The van der Waals surface area contributed by atoms with Crippen LogP contribution in [0.15, 0.2) is 0 Å². The van der Waals surface area contributed by atoms with E-state index in [0.29, 0.717) is 6.29 Å². The maximum Gasteiger partial charge on any atom is 0.116 e. The van der Waals surface area contributed by atoms with Crippen LogP contribution in [0.25, 0.3) is 0 Å². The Balaban J connectivity index is 3.64. The fraction of sp³-hybridized carbons (Fsp3) is 1.00. The molecule has 0 aromatic carbocycles. The van der Waals surface area contributed by atoms with Crippen LogP contribution in [0.5, 0.6) is 0 Å². The molecule has 0 rings (SSSR count). The van der Waals surface area contributed by atoms with E-state index in [1.165, 1.54) is 22.7 Å². The standard InChI is InChI=1S/C8H23N3Si/c1-10(2)8(11(3)4)9-6-5-7-12/h8-9H,5-7H2,1-4,12H3. The lowest BCUT2D eigenvalue weighted by Crippen LogP contribution is -2.51. The number of hydrogen-bond donors (Lipinski definition) is 1. The molecule has 0 saturated heterocycles. The van der Waals surface area contributed by atoms with E-state index in [9.17, 15) is 0 Å². The summed E-state index contributed by atoms with van der Waals surface area (Å²) < 4.78 is 0. The van der Waals surface area contributed by atoms with Gasteiger partial charge in [-0.1, -0.05) is 6.04 Å². The molecule has 0 bridgehead atoms. The molecular formula is C8H23N3Si. The number of nitrogens with zero attached hydrogens (tertiary/aromatic N) is 2. The first-order valence-electron chi connectivity index (χ1n) is 4.65. The zero-order valence-electron chi connectivity index (χ0n) is 9.09. The van der Waals surface area contributed by atoms with E-state index < -0.39 is 0 Å². The monoisotopic (exact) mass is 189 g/mol. The molecule has 0 aliphatic carbocycles. The molecule has 0 spiro atoms. The molecule has 0 radical (unpaired) electrons. The van der Waals surface area contributed by atoms with Crippen molar-refractivity contribution in [2.24, 2.45) is 0 Å². The van der Waals surface area contributed by atoms with Gasteiger partial charge in [-0.05, 0) is 41.2 Å². The molecule has 0 atom stereocenters. The molecule has 0 aliphatic rings. The molecule has 1 N–H and O–H groups in total. The Morgan fingerprint density at radius 3 is 2.00 bits per heavy atom. The second-order valence-corrected chi connectivity index (χ2v) is 4.61. The Kier molecular flexibility index (Phi) is 6.65. The third-order valence-electron chi connectivity index (χ3n) is 1.84. The lowest BCUT2D eigenvalue weighted by molar-refractivity contribution is 0.0960. The summed E-state index contributed by atoms with van der Waals surface area (Å²) in [5, 5.41) is 3.49. The molecule has 0 aliphatic heterocycles. The zero-order chi connectivity index (χ0) is 9.56. The lowest BCUT2D eigenvalue weighted by Gasteiger charge is -2.31. The van der Waals surface area contributed by atoms with E-state index in [4.69, 9.17) is 0 Å². The number of nitrogens with one attached hydrogen (secondary N) is 1. The fourth-order valence-corrected chi connectivity index (χ4v) is 1.59. The highest BCUT2D eigenvalue weighted by Crippen LogP contribution is 1.93. The molecule has 0 aromatic rings. The maximum atomic E-state index is 3.49. The predicted molar refractivity (Wildman–Crippen MR) is 58.5 cm³/mol. The molecule has 4 heteroatoms. The van der Waals surface area contributed by atoms with E-state index in [-0.39, 0.29) is 0 Å². The third-order valence-corrected chi connectivity index (χ3v) is 2.54. The topological polar surface area (TPSA) is 18.5 Å². The normalized spacial score (nSPS) is 12.2. The van der Waals surface area contributed by atoms with Crippen molar-refractivity contribution >= 4 is 10.2 Å². The first-order valence-corrected chi connectivity index (χ1v) is 6.07. The van der Waals surface area contributed by atoms with Gasteiger partial charge in [0.2, 0.25) is 0 Å². The van der Waals surface area contributed by atoms with Gasteiger partial charge >= 0.3 is 0 Å². The van der Waals surface area contributed by atoms with Crippen molar-refractivity contribution in [3.8, 4) is 0 Å². The minimum absolute atomic E-state index is 0.373. The van der Waals surface area contributed by atoms with Crippen molar-refractivity contribution in [1.82, 2.24) is 15.1 Å². The molecule has 0 fully saturated rings.